The molecule has 4 heteroatoms. The molecule has 0 spiro atoms. The van der Waals surface area contributed by atoms with Crippen LogP contribution in [-0.2, 0) is 0 Å². The lowest BCUT2D eigenvalue weighted by Gasteiger charge is -2.33. The van der Waals surface area contributed by atoms with Crippen LogP contribution in [0.4, 0.5) is 0 Å². The number of benzene rings is 7. The van der Waals surface area contributed by atoms with Crippen LogP contribution in [0.25, 0.3) is 55.0 Å². The third-order valence-corrected chi connectivity index (χ3v) is 9.19. The second kappa shape index (κ2) is 11.4. The average Bonchev–Trinajstić information content (AvgIpc) is 3.53. The number of amidine groups is 1. The lowest BCUT2D eigenvalue weighted by atomic mass is 9.94. The third kappa shape index (κ3) is 4.87. The molecule has 0 saturated carbocycles. The van der Waals surface area contributed by atoms with Gasteiger partial charge >= 0.3 is 0 Å². The Labute approximate surface area is 273 Å². The van der Waals surface area contributed by atoms with Crippen molar-refractivity contribution in [3.05, 3.63) is 180 Å². The van der Waals surface area contributed by atoms with Gasteiger partial charge in [0.15, 0.2) is 0 Å². The van der Waals surface area contributed by atoms with Crippen LogP contribution >= 0.6 is 0 Å². The number of furan rings is 1. The number of nitrogens with zero attached hydrogens (tertiary/aromatic N) is 1. The van der Waals surface area contributed by atoms with Crippen LogP contribution in [0.1, 0.15) is 29.0 Å². The molecule has 0 aliphatic carbocycles. The van der Waals surface area contributed by atoms with Gasteiger partial charge in [-0.25, -0.2) is 4.99 Å². The van der Waals surface area contributed by atoms with E-state index in [-0.39, 0.29) is 12.3 Å². The Morgan fingerprint density at radius 1 is 0.489 bits per heavy atom. The van der Waals surface area contributed by atoms with E-state index in [1.54, 1.807) is 0 Å². The molecule has 224 valence electrons. The van der Waals surface area contributed by atoms with Crippen LogP contribution in [0.3, 0.4) is 0 Å². The fourth-order valence-electron chi connectivity index (χ4n) is 6.94. The summed E-state index contributed by atoms with van der Waals surface area (Å²) >= 11 is 0. The molecule has 1 aliphatic rings. The van der Waals surface area contributed by atoms with Crippen LogP contribution in [0.2, 0.25) is 0 Å². The Kier molecular flexibility index (Phi) is 6.65. The molecule has 0 radical (unpaired) electrons. The summed E-state index contributed by atoms with van der Waals surface area (Å²) in [5, 5.41) is 12.2. The lowest BCUT2D eigenvalue weighted by Crippen LogP contribution is -2.45. The Morgan fingerprint density at radius 3 is 1.91 bits per heavy atom. The van der Waals surface area contributed by atoms with Gasteiger partial charge in [-0.1, -0.05) is 146 Å². The van der Waals surface area contributed by atoms with E-state index in [4.69, 9.17) is 9.41 Å². The van der Waals surface area contributed by atoms with E-state index in [2.05, 4.69) is 162 Å². The number of hydrogen-bond acceptors (Lipinski definition) is 4. The average molecular weight is 606 g/mol. The molecule has 47 heavy (non-hydrogen) atoms. The van der Waals surface area contributed by atoms with Crippen molar-refractivity contribution in [1.82, 2.24) is 10.6 Å². The summed E-state index contributed by atoms with van der Waals surface area (Å²) in [5.41, 5.74) is 9.75. The maximum atomic E-state index is 6.50. The molecule has 0 amide bonds. The van der Waals surface area contributed by atoms with Gasteiger partial charge in [-0.3, -0.25) is 5.32 Å². The zero-order valence-corrected chi connectivity index (χ0v) is 25.6. The van der Waals surface area contributed by atoms with E-state index in [0.717, 1.165) is 55.4 Å². The van der Waals surface area contributed by atoms with E-state index in [1.165, 1.54) is 22.1 Å². The first-order chi connectivity index (χ1) is 23.3. The maximum Gasteiger partial charge on any atom is 0.136 e. The van der Waals surface area contributed by atoms with E-state index in [0.29, 0.717) is 0 Å². The van der Waals surface area contributed by atoms with Crippen molar-refractivity contribution in [2.24, 2.45) is 4.99 Å². The summed E-state index contributed by atoms with van der Waals surface area (Å²) in [7, 11) is 0. The predicted octanol–water partition coefficient (Wildman–Crippen LogP) is 10.4. The van der Waals surface area contributed by atoms with Gasteiger partial charge in [0, 0.05) is 21.9 Å². The van der Waals surface area contributed by atoms with Gasteiger partial charge in [0.1, 0.15) is 29.3 Å². The van der Waals surface area contributed by atoms with Gasteiger partial charge in [0.05, 0.1) is 0 Å². The summed E-state index contributed by atoms with van der Waals surface area (Å²) in [6, 6.07) is 57.4. The van der Waals surface area contributed by atoms with Gasteiger partial charge in [0.25, 0.3) is 0 Å². The Bertz CT molecular complexity index is 2410. The molecule has 9 rings (SSSR count). The SMILES string of the molecule is c1ccc(-c2ccc3c(c2)oc2cccc(C4NC(c5ccc(-c6ccccc6)c6ccccc56)=NC(c5ccccc5)N4)c23)cc1. The largest absolute Gasteiger partial charge is 0.456 e. The molecule has 2 unspecified atom stereocenters. The standard InChI is InChI=1S/C43H31N3O/c1-4-13-28(14-5-1)31-23-24-36-39(27-31)47-38-22-12-21-37(40(36)38)43-45-41(30-17-8-3-9-18-30)44-42(46-43)35-26-25-32(29-15-6-2-7-16-29)33-19-10-11-20-34(33)35/h1-27,41,43,45H,(H,44,46). The fourth-order valence-corrected chi connectivity index (χ4v) is 6.94. The number of nitrogens with one attached hydrogen (secondary N) is 2. The fraction of sp³-hybridized carbons (Fsp3) is 0.0465. The first-order valence-electron chi connectivity index (χ1n) is 16.0. The van der Waals surface area contributed by atoms with Gasteiger partial charge in [-0.2, -0.15) is 0 Å². The molecule has 1 aliphatic heterocycles. The van der Waals surface area contributed by atoms with E-state index >= 15 is 0 Å². The predicted molar refractivity (Wildman–Crippen MR) is 193 cm³/mol. The number of aliphatic imine (C=N–C) groups is 1. The third-order valence-electron chi connectivity index (χ3n) is 9.19. The topological polar surface area (TPSA) is 49.6 Å². The zero-order chi connectivity index (χ0) is 31.2. The molecule has 2 N–H and O–H groups in total. The molecule has 1 aromatic heterocycles. The minimum atomic E-state index is -0.247. The van der Waals surface area contributed by atoms with E-state index in [9.17, 15) is 0 Å². The molecule has 0 bridgehead atoms. The van der Waals surface area contributed by atoms with Crippen LogP contribution in [-0.4, -0.2) is 5.84 Å². The van der Waals surface area contributed by atoms with Gasteiger partial charge in [-0.05, 0) is 56.8 Å². The Morgan fingerprint density at radius 2 is 1.15 bits per heavy atom. The van der Waals surface area contributed by atoms with Crippen molar-refractivity contribution in [3.63, 3.8) is 0 Å². The smallest absolute Gasteiger partial charge is 0.136 e. The van der Waals surface area contributed by atoms with Crippen molar-refractivity contribution >= 4 is 38.5 Å². The van der Waals surface area contributed by atoms with Crippen molar-refractivity contribution in [3.8, 4) is 22.3 Å². The van der Waals surface area contributed by atoms with E-state index in [1.807, 2.05) is 12.1 Å². The quantitative estimate of drug-likeness (QED) is 0.205. The first kappa shape index (κ1) is 27.3. The first-order valence-corrected chi connectivity index (χ1v) is 16.0. The van der Waals surface area contributed by atoms with Crippen LogP contribution < -0.4 is 10.6 Å². The summed E-state index contributed by atoms with van der Waals surface area (Å²) < 4.78 is 6.50. The van der Waals surface area contributed by atoms with Crippen molar-refractivity contribution in [1.29, 1.82) is 0 Å². The van der Waals surface area contributed by atoms with Crippen molar-refractivity contribution in [2.45, 2.75) is 12.3 Å². The summed E-state index contributed by atoms with van der Waals surface area (Å²) in [6.07, 6.45) is -0.471. The molecule has 2 atom stereocenters. The molecular weight excluding hydrogens is 574 g/mol. The minimum Gasteiger partial charge on any atom is -0.456 e. The van der Waals surface area contributed by atoms with Crippen LogP contribution in [0, 0.1) is 0 Å². The number of rotatable bonds is 5. The highest BCUT2D eigenvalue weighted by Gasteiger charge is 2.28. The van der Waals surface area contributed by atoms with Crippen molar-refractivity contribution in [2.75, 3.05) is 0 Å². The monoisotopic (exact) mass is 605 g/mol. The molecule has 7 aromatic carbocycles. The summed E-state index contributed by atoms with van der Waals surface area (Å²) in [5.74, 6) is 0.856. The second-order valence-corrected chi connectivity index (χ2v) is 12.0. The molecule has 4 nitrogen and oxygen atoms in total. The maximum absolute atomic E-state index is 6.50. The zero-order valence-electron chi connectivity index (χ0n) is 25.6. The summed E-state index contributed by atoms with van der Waals surface area (Å²) in [4.78, 5) is 5.30. The molecular formula is C43H31N3O. The Balaban J connectivity index is 1.18. The molecule has 2 heterocycles. The van der Waals surface area contributed by atoms with Gasteiger partial charge in [-0.15, -0.1) is 0 Å². The van der Waals surface area contributed by atoms with Gasteiger partial charge < -0.3 is 9.73 Å². The minimum absolute atomic E-state index is 0.224. The second-order valence-electron chi connectivity index (χ2n) is 12.0. The van der Waals surface area contributed by atoms with Gasteiger partial charge in [0.2, 0.25) is 0 Å². The molecule has 8 aromatic rings. The highest BCUT2D eigenvalue weighted by atomic mass is 16.3. The highest BCUT2D eigenvalue weighted by molar-refractivity contribution is 6.14. The lowest BCUT2D eigenvalue weighted by molar-refractivity contribution is 0.411. The van der Waals surface area contributed by atoms with E-state index < -0.39 is 0 Å². The molecule has 0 fully saturated rings. The highest BCUT2D eigenvalue weighted by Crippen LogP contribution is 2.38. The molecule has 0 saturated heterocycles. The Hall–Kier alpha value is -5.97. The van der Waals surface area contributed by atoms with Crippen molar-refractivity contribution < 1.29 is 4.42 Å². The normalized spacial score (nSPS) is 16.3. The summed E-state index contributed by atoms with van der Waals surface area (Å²) in [6.45, 7) is 0. The van der Waals surface area contributed by atoms with Crippen LogP contribution in [0.15, 0.2) is 173 Å². The number of fused-ring (bicyclic) bond motifs is 4. The number of hydrogen-bond donors (Lipinski definition) is 2. The van der Waals surface area contributed by atoms with Crippen LogP contribution in [0.5, 0.6) is 0 Å².